The monoisotopic (exact) mass is 363 g/mol. The summed E-state index contributed by atoms with van der Waals surface area (Å²) in [5.41, 5.74) is 6.12. The summed E-state index contributed by atoms with van der Waals surface area (Å²) in [5, 5.41) is 2.61. The van der Waals surface area contributed by atoms with Crippen LogP contribution < -0.4 is 20.7 Å². The molecule has 1 fully saturated rings. The van der Waals surface area contributed by atoms with Gasteiger partial charge in [-0.1, -0.05) is 0 Å². The molecule has 1 saturated heterocycles. The number of ether oxygens (including phenoxy) is 1. The number of pyridine rings is 1. The third-order valence-electron chi connectivity index (χ3n) is 4.24. The zero-order valence-corrected chi connectivity index (χ0v) is 15.1. The lowest BCUT2D eigenvalue weighted by molar-refractivity contribution is -0.136. The van der Waals surface area contributed by atoms with E-state index in [1.54, 1.807) is 24.3 Å². The molecule has 3 N–H and O–H groups in total. The van der Waals surface area contributed by atoms with Crippen LogP contribution in [0.5, 0.6) is 5.88 Å². The number of nitrogens with two attached hydrogens (primary N) is 1. The van der Waals surface area contributed by atoms with Crippen LogP contribution in [0.3, 0.4) is 0 Å². The molecule has 2 heterocycles. The predicted octanol–water partition coefficient (Wildman–Crippen LogP) is -0.491. The lowest BCUT2D eigenvalue weighted by atomic mass is 10.1. The first-order valence-electron chi connectivity index (χ1n) is 8.50. The van der Waals surface area contributed by atoms with Gasteiger partial charge in [0.05, 0.1) is 19.0 Å². The van der Waals surface area contributed by atoms with Crippen molar-refractivity contribution in [2.24, 2.45) is 5.73 Å². The Labute approximate surface area is 152 Å². The Morgan fingerprint density at radius 3 is 2.46 bits per heavy atom. The number of methoxy groups -OCH3 is 1. The first kappa shape index (κ1) is 19.5. The molecule has 1 aromatic rings. The fraction of sp³-hybridized carbons (Fsp3) is 0.529. The lowest BCUT2D eigenvalue weighted by Crippen LogP contribution is -2.55. The van der Waals surface area contributed by atoms with Crippen LogP contribution in [0.1, 0.15) is 19.8 Å². The smallest absolute Gasteiger partial charge is 0.245 e. The Balaban J connectivity index is 1.94. The van der Waals surface area contributed by atoms with Crippen LogP contribution in [0.25, 0.3) is 0 Å². The summed E-state index contributed by atoms with van der Waals surface area (Å²) in [7, 11) is 1.57. The number of carbonyl (C=O) groups is 3. The van der Waals surface area contributed by atoms with E-state index in [1.165, 1.54) is 6.92 Å². The van der Waals surface area contributed by atoms with Gasteiger partial charge in [-0.3, -0.25) is 14.4 Å². The van der Waals surface area contributed by atoms with Gasteiger partial charge in [-0.25, -0.2) is 4.98 Å². The predicted molar refractivity (Wildman–Crippen MR) is 95.6 cm³/mol. The second kappa shape index (κ2) is 9.02. The van der Waals surface area contributed by atoms with E-state index in [-0.39, 0.29) is 24.7 Å². The van der Waals surface area contributed by atoms with Crippen molar-refractivity contribution in [3.8, 4) is 5.88 Å². The molecule has 142 valence electrons. The van der Waals surface area contributed by atoms with Gasteiger partial charge in [0.15, 0.2) is 0 Å². The van der Waals surface area contributed by atoms with Gasteiger partial charge in [-0.15, -0.1) is 0 Å². The number of amides is 3. The summed E-state index contributed by atoms with van der Waals surface area (Å²) >= 11 is 0. The lowest BCUT2D eigenvalue weighted by Gasteiger charge is -2.37. The second-order valence-electron chi connectivity index (χ2n) is 6.13. The minimum atomic E-state index is -0.728. The SMILES string of the molecule is COc1ccc(N2CCN(C(=O)[C@H](CCC(N)=O)NC(C)=O)CC2)cn1. The van der Waals surface area contributed by atoms with Crippen molar-refractivity contribution in [2.45, 2.75) is 25.8 Å². The molecule has 1 aliphatic heterocycles. The molecular formula is C17H25N5O4. The average Bonchev–Trinajstić information content (AvgIpc) is 2.64. The van der Waals surface area contributed by atoms with E-state index in [9.17, 15) is 14.4 Å². The van der Waals surface area contributed by atoms with Crippen LogP contribution in [-0.2, 0) is 14.4 Å². The minimum Gasteiger partial charge on any atom is -0.481 e. The van der Waals surface area contributed by atoms with Gasteiger partial charge < -0.3 is 25.6 Å². The van der Waals surface area contributed by atoms with Crippen LogP contribution in [-0.4, -0.2) is 66.9 Å². The van der Waals surface area contributed by atoms with Crippen LogP contribution in [0.4, 0.5) is 5.69 Å². The third kappa shape index (κ3) is 5.33. The highest BCUT2D eigenvalue weighted by Crippen LogP contribution is 2.18. The third-order valence-corrected chi connectivity index (χ3v) is 4.24. The van der Waals surface area contributed by atoms with Gasteiger partial charge in [0, 0.05) is 45.6 Å². The Hall–Kier alpha value is -2.84. The fourth-order valence-electron chi connectivity index (χ4n) is 2.88. The van der Waals surface area contributed by atoms with Gasteiger partial charge in [-0.2, -0.15) is 0 Å². The molecule has 3 amide bonds. The highest BCUT2D eigenvalue weighted by Gasteiger charge is 2.28. The Bertz CT molecular complexity index is 641. The molecule has 9 heteroatoms. The van der Waals surface area contributed by atoms with E-state index < -0.39 is 11.9 Å². The van der Waals surface area contributed by atoms with Crippen molar-refractivity contribution in [1.29, 1.82) is 0 Å². The molecule has 1 aromatic heterocycles. The van der Waals surface area contributed by atoms with Crippen LogP contribution in [0, 0.1) is 0 Å². The summed E-state index contributed by atoms with van der Waals surface area (Å²) in [4.78, 5) is 43.1. The van der Waals surface area contributed by atoms with E-state index in [0.29, 0.717) is 32.1 Å². The molecular weight excluding hydrogens is 338 g/mol. The molecule has 0 aromatic carbocycles. The first-order valence-corrected chi connectivity index (χ1v) is 8.50. The number of rotatable bonds is 7. The van der Waals surface area contributed by atoms with E-state index >= 15 is 0 Å². The number of anilines is 1. The molecule has 1 atom stereocenters. The standard InChI is InChI=1S/C17H25N5O4/c1-12(23)20-14(4-5-15(18)24)17(25)22-9-7-21(8-10-22)13-3-6-16(26-2)19-11-13/h3,6,11,14H,4-5,7-10H2,1-2H3,(H2,18,24)(H,20,23)/t14-/m0/s1. The second-order valence-corrected chi connectivity index (χ2v) is 6.13. The highest BCUT2D eigenvalue weighted by atomic mass is 16.5. The molecule has 2 rings (SSSR count). The van der Waals surface area contributed by atoms with Gasteiger partial charge in [-0.05, 0) is 12.5 Å². The van der Waals surface area contributed by atoms with E-state index in [1.807, 2.05) is 6.07 Å². The van der Waals surface area contributed by atoms with Crippen molar-refractivity contribution >= 4 is 23.4 Å². The number of primary amides is 1. The molecule has 26 heavy (non-hydrogen) atoms. The average molecular weight is 363 g/mol. The molecule has 9 nitrogen and oxygen atoms in total. The molecule has 0 spiro atoms. The summed E-state index contributed by atoms with van der Waals surface area (Å²) in [6, 6.07) is 2.99. The summed E-state index contributed by atoms with van der Waals surface area (Å²) < 4.78 is 5.05. The van der Waals surface area contributed by atoms with Gasteiger partial charge in [0.2, 0.25) is 23.6 Å². The number of piperazine rings is 1. The van der Waals surface area contributed by atoms with E-state index in [4.69, 9.17) is 10.5 Å². The highest BCUT2D eigenvalue weighted by molar-refractivity contribution is 5.87. The van der Waals surface area contributed by atoms with Gasteiger partial charge >= 0.3 is 0 Å². The number of nitrogens with zero attached hydrogens (tertiary/aromatic N) is 3. The number of aromatic nitrogens is 1. The van der Waals surface area contributed by atoms with Crippen molar-refractivity contribution in [3.63, 3.8) is 0 Å². The zero-order chi connectivity index (χ0) is 19.1. The number of nitrogens with one attached hydrogen (secondary N) is 1. The maximum absolute atomic E-state index is 12.7. The van der Waals surface area contributed by atoms with E-state index in [2.05, 4.69) is 15.2 Å². The van der Waals surface area contributed by atoms with E-state index in [0.717, 1.165) is 5.69 Å². The normalized spacial score (nSPS) is 15.3. The summed E-state index contributed by atoms with van der Waals surface area (Å²) in [6.45, 7) is 3.71. The Morgan fingerprint density at radius 1 is 1.27 bits per heavy atom. The molecule has 0 saturated carbocycles. The maximum Gasteiger partial charge on any atom is 0.245 e. The van der Waals surface area contributed by atoms with Crippen LogP contribution in [0.15, 0.2) is 18.3 Å². The van der Waals surface area contributed by atoms with Crippen LogP contribution in [0.2, 0.25) is 0 Å². The van der Waals surface area contributed by atoms with Crippen molar-refractivity contribution < 1.29 is 19.1 Å². The number of carbonyl (C=O) groups excluding carboxylic acids is 3. The number of hydrogen-bond acceptors (Lipinski definition) is 6. The quantitative estimate of drug-likeness (QED) is 0.675. The number of hydrogen-bond donors (Lipinski definition) is 2. The van der Waals surface area contributed by atoms with Gasteiger partial charge in [0.1, 0.15) is 6.04 Å². The topological polar surface area (TPSA) is 118 Å². The largest absolute Gasteiger partial charge is 0.481 e. The van der Waals surface area contributed by atoms with Crippen molar-refractivity contribution in [2.75, 3.05) is 38.2 Å². The summed E-state index contributed by atoms with van der Waals surface area (Å²) in [5.74, 6) is -0.440. The first-order chi connectivity index (χ1) is 12.4. The van der Waals surface area contributed by atoms with Crippen molar-refractivity contribution in [3.05, 3.63) is 18.3 Å². The van der Waals surface area contributed by atoms with Crippen LogP contribution >= 0.6 is 0 Å². The fourth-order valence-corrected chi connectivity index (χ4v) is 2.88. The van der Waals surface area contributed by atoms with Crippen molar-refractivity contribution in [1.82, 2.24) is 15.2 Å². The molecule has 1 aliphatic rings. The maximum atomic E-state index is 12.7. The van der Waals surface area contributed by atoms with Gasteiger partial charge in [0.25, 0.3) is 0 Å². The summed E-state index contributed by atoms with van der Waals surface area (Å²) in [6.07, 6.45) is 1.99. The Morgan fingerprint density at radius 2 is 1.96 bits per heavy atom. The molecule has 0 aliphatic carbocycles. The molecule has 0 unspecified atom stereocenters. The minimum absolute atomic E-state index is 0.0498. The zero-order valence-electron chi connectivity index (χ0n) is 15.1. The molecule has 0 radical (unpaired) electrons. The molecule has 0 bridgehead atoms. The Kier molecular flexibility index (Phi) is 6.76.